The number of carbonyl (C=O) groups is 3. The van der Waals surface area contributed by atoms with Crippen LogP contribution in [0.1, 0.15) is 17.7 Å². The van der Waals surface area contributed by atoms with Crippen LogP contribution >= 0.6 is 0 Å². The molecule has 1 fully saturated rings. The lowest BCUT2D eigenvalue weighted by Crippen LogP contribution is -2.37. The van der Waals surface area contributed by atoms with Gasteiger partial charge in [-0.1, -0.05) is 30.3 Å². The smallest absolute Gasteiger partial charge is 0.324 e. The van der Waals surface area contributed by atoms with Gasteiger partial charge in [-0.2, -0.15) is 0 Å². The van der Waals surface area contributed by atoms with Crippen LogP contribution in [-0.4, -0.2) is 41.9 Å². The Labute approximate surface area is 151 Å². The van der Waals surface area contributed by atoms with Crippen molar-refractivity contribution in [2.75, 3.05) is 13.1 Å². The molecule has 0 radical (unpaired) electrons. The van der Waals surface area contributed by atoms with Gasteiger partial charge in [0.2, 0.25) is 5.91 Å². The summed E-state index contributed by atoms with van der Waals surface area (Å²) in [4.78, 5) is 37.6. The fraction of sp³-hybridized carbons (Fsp3) is 0.316. The second-order valence-electron chi connectivity index (χ2n) is 6.11. The van der Waals surface area contributed by atoms with Gasteiger partial charge in [-0.25, -0.2) is 4.79 Å². The van der Waals surface area contributed by atoms with Crippen molar-refractivity contribution in [3.8, 4) is 0 Å². The molecule has 7 heteroatoms. The fourth-order valence-electron chi connectivity index (χ4n) is 2.85. The lowest BCUT2D eigenvalue weighted by molar-refractivity contribution is -0.130. The fourth-order valence-corrected chi connectivity index (χ4v) is 2.85. The van der Waals surface area contributed by atoms with Crippen LogP contribution in [-0.2, 0) is 22.4 Å². The largest absolute Gasteiger partial charge is 0.469 e. The number of benzene rings is 1. The summed E-state index contributed by atoms with van der Waals surface area (Å²) in [5.74, 6) is 0.148. The van der Waals surface area contributed by atoms with Crippen LogP contribution in [0.2, 0.25) is 0 Å². The van der Waals surface area contributed by atoms with Gasteiger partial charge in [-0.05, 0) is 24.1 Å². The molecule has 0 saturated carbocycles. The number of imide groups is 1. The van der Waals surface area contributed by atoms with Crippen molar-refractivity contribution in [2.24, 2.45) is 0 Å². The average Bonchev–Trinajstić information content (AvgIpc) is 3.23. The highest BCUT2D eigenvalue weighted by Crippen LogP contribution is 2.11. The Morgan fingerprint density at radius 1 is 1.12 bits per heavy atom. The third kappa shape index (κ3) is 4.50. The number of amides is 4. The van der Waals surface area contributed by atoms with Gasteiger partial charge < -0.3 is 15.1 Å². The molecular formula is C19H21N3O4. The summed E-state index contributed by atoms with van der Waals surface area (Å²) in [7, 11) is 0. The predicted octanol–water partition coefficient (Wildman–Crippen LogP) is 1.49. The number of rotatable bonds is 8. The van der Waals surface area contributed by atoms with Gasteiger partial charge in [-0.15, -0.1) is 0 Å². The second-order valence-corrected chi connectivity index (χ2v) is 6.11. The minimum atomic E-state index is -0.804. The number of nitrogens with one attached hydrogen (secondary N) is 2. The molecule has 3 rings (SSSR count). The normalized spacial score (nSPS) is 16.6. The Hall–Kier alpha value is -3.09. The number of hydrogen-bond acceptors (Lipinski definition) is 4. The molecule has 0 spiro atoms. The third-order valence-electron chi connectivity index (χ3n) is 4.24. The van der Waals surface area contributed by atoms with Crippen LogP contribution in [0.25, 0.3) is 0 Å². The average molecular weight is 355 g/mol. The van der Waals surface area contributed by atoms with Gasteiger partial charge >= 0.3 is 6.03 Å². The molecular weight excluding hydrogens is 334 g/mol. The van der Waals surface area contributed by atoms with E-state index in [2.05, 4.69) is 10.6 Å². The SMILES string of the molecule is O=C(C[C@H]1NC(=O)N(CCc2ccccc2)C1=O)NCCc1ccco1. The van der Waals surface area contributed by atoms with Crippen LogP contribution in [0.5, 0.6) is 0 Å². The summed E-state index contributed by atoms with van der Waals surface area (Å²) < 4.78 is 5.19. The molecule has 136 valence electrons. The van der Waals surface area contributed by atoms with Crippen molar-refractivity contribution in [3.63, 3.8) is 0 Å². The Morgan fingerprint density at radius 3 is 2.65 bits per heavy atom. The summed E-state index contributed by atoms with van der Waals surface area (Å²) in [5.41, 5.74) is 1.05. The van der Waals surface area contributed by atoms with Gasteiger partial charge in [0.1, 0.15) is 11.8 Å². The lowest BCUT2D eigenvalue weighted by Gasteiger charge is -2.13. The molecule has 2 heterocycles. The van der Waals surface area contributed by atoms with Gasteiger partial charge in [0.15, 0.2) is 0 Å². The van der Waals surface area contributed by atoms with E-state index in [1.165, 1.54) is 4.90 Å². The van der Waals surface area contributed by atoms with Gasteiger partial charge in [-0.3, -0.25) is 14.5 Å². The van der Waals surface area contributed by atoms with E-state index < -0.39 is 12.1 Å². The maximum atomic E-state index is 12.4. The van der Waals surface area contributed by atoms with E-state index in [0.29, 0.717) is 25.9 Å². The molecule has 26 heavy (non-hydrogen) atoms. The molecule has 2 N–H and O–H groups in total. The quantitative estimate of drug-likeness (QED) is 0.702. The van der Waals surface area contributed by atoms with Crippen molar-refractivity contribution < 1.29 is 18.8 Å². The Bertz CT molecular complexity index is 758. The molecule has 1 aromatic heterocycles. The second kappa shape index (κ2) is 8.33. The maximum absolute atomic E-state index is 12.4. The Balaban J connectivity index is 1.44. The molecule has 2 aromatic rings. The van der Waals surface area contributed by atoms with Crippen molar-refractivity contribution in [2.45, 2.75) is 25.3 Å². The zero-order chi connectivity index (χ0) is 18.4. The zero-order valence-electron chi connectivity index (χ0n) is 14.3. The molecule has 0 aliphatic carbocycles. The standard InChI is InChI=1S/C19H21N3O4/c23-17(20-10-8-15-7-4-12-26-15)13-16-18(24)22(19(25)21-16)11-9-14-5-2-1-3-6-14/h1-7,12,16H,8-11,13H2,(H,20,23)(H,21,25)/t16-/m1/s1. The number of hydrogen-bond donors (Lipinski definition) is 2. The summed E-state index contributed by atoms with van der Waals surface area (Å²) in [5, 5.41) is 5.32. The first-order chi connectivity index (χ1) is 12.6. The molecule has 1 aliphatic rings. The summed E-state index contributed by atoms with van der Waals surface area (Å²) in [6, 6.07) is 12.0. The highest BCUT2D eigenvalue weighted by molar-refractivity contribution is 6.05. The predicted molar refractivity (Wildman–Crippen MR) is 94.2 cm³/mol. The van der Waals surface area contributed by atoms with E-state index in [9.17, 15) is 14.4 Å². The summed E-state index contributed by atoms with van der Waals surface area (Å²) in [6.07, 6.45) is 2.67. The van der Waals surface area contributed by atoms with E-state index >= 15 is 0 Å². The number of furan rings is 1. The minimum absolute atomic E-state index is 0.0649. The highest BCUT2D eigenvalue weighted by Gasteiger charge is 2.38. The molecule has 1 aromatic carbocycles. The number of urea groups is 1. The first-order valence-corrected chi connectivity index (χ1v) is 8.58. The topological polar surface area (TPSA) is 91.7 Å². The zero-order valence-corrected chi connectivity index (χ0v) is 14.3. The number of carbonyl (C=O) groups excluding carboxylic acids is 3. The molecule has 1 atom stereocenters. The van der Waals surface area contributed by atoms with E-state index in [0.717, 1.165) is 11.3 Å². The van der Waals surface area contributed by atoms with Gasteiger partial charge in [0, 0.05) is 19.5 Å². The van der Waals surface area contributed by atoms with E-state index in [1.54, 1.807) is 12.3 Å². The van der Waals surface area contributed by atoms with Crippen LogP contribution in [0, 0.1) is 0 Å². The van der Waals surface area contributed by atoms with Crippen molar-refractivity contribution in [3.05, 3.63) is 60.1 Å². The number of nitrogens with zero attached hydrogens (tertiary/aromatic N) is 1. The van der Waals surface area contributed by atoms with E-state index in [1.807, 2.05) is 36.4 Å². The summed E-state index contributed by atoms with van der Waals surface area (Å²) in [6.45, 7) is 0.713. The maximum Gasteiger partial charge on any atom is 0.324 e. The molecule has 1 saturated heterocycles. The first-order valence-electron chi connectivity index (χ1n) is 8.58. The highest BCUT2D eigenvalue weighted by atomic mass is 16.3. The van der Waals surface area contributed by atoms with Gasteiger partial charge in [0.25, 0.3) is 5.91 Å². The van der Waals surface area contributed by atoms with E-state index in [4.69, 9.17) is 4.42 Å². The van der Waals surface area contributed by atoms with Crippen LogP contribution < -0.4 is 10.6 Å². The first kappa shape index (κ1) is 17.7. The third-order valence-corrected chi connectivity index (χ3v) is 4.24. The Kier molecular flexibility index (Phi) is 5.68. The minimum Gasteiger partial charge on any atom is -0.469 e. The monoisotopic (exact) mass is 355 g/mol. The summed E-state index contributed by atoms with van der Waals surface area (Å²) >= 11 is 0. The Morgan fingerprint density at radius 2 is 1.92 bits per heavy atom. The van der Waals surface area contributed by atoms with Crippen molar-refractivity contribution in [1.82, 2.24) is 15.5 Å². The lowest BCUT2D eigenvalue weighted by atomic mass is 10.1. The molecule has 7 nitrogen and oxygen atoms in total. The molecule has 0 unspecified atom stereocenters. The van der Waals surface area contributed by atoms with Gasteiger partial charge in [0.05, 0.1) is 12.7 Å². The van der Waals surface area contributed by atoms with Crippen LogP contribution in [0.15, 0.2) is 53.1 Å². The van der Waals surface area contributed by atoms with Crippen LogP contribution in [0.4, 0.5) is 4.79 Å². The van der Waals surface area contributed by atoms with Crippen molar-refractivity contribution >= 4 is 17.8 Å². The van der Waals surface area contributed by atoms with Crippen molar-refractivity contribution in [1.29, 1.82) is 0 Å². The molecule has 1 aliphatic heterocycles. The van der Waals surface area contributed by atoms with Crippen LogP contribution in [0.3, 0.4) is 0 Å². The molecule has 4 amide bonds. The van der Waals surface area contributed by atoms with E-state index in [-0.39, 0.29) is 18.2 Å². The molecule has 0 bridgehead atoms.